The molecule has 1 aliphatic rings. The maximum absolute atomic E-state index is 2.65. The van der Waals surface area contributed by atoms with Gasteiger partial charge in [-0.15, -0.1) is 0 Å². The highest BCUT2D eigenvalue weighted by Crippen LogP contribution is 2.54. The molecule has 0 N–H and O–H groups in total. The van der Waals surface area contributed by atoms with Crippen LogP contribution in [0.3, 0.4) is 0 Å². The van der Waals surface area contributed by atoms with Crippen molar-refractivity contribution in [3.05, 3.63) is 60.7 Å². The third-order valence-corrected chi connectivity index (χ3v) is 9.83. The van der Waals surface area contributed by atoms with Crippen molar-refractivity contribution >= 4 is 18.7 Å². The minimum atomic E-state index is -0.522. The van der Waals surface area contributed by atoms with E-state index < -0.39 is 8.07 Å². The quantitative estimate of drug-likeness (QED) is 0.646. The van der Waals surface area contributed by atoms with Gasteiger partial charge in [-0.1, -0.05) is 88.4 Å². The van der Waals surface area contributed by atoms with Crippen molar-refractivity contribution in [1.82, 2.24) is 9.57 Å². The Morgan fingerprint density at radius 3 is 1.64 bits per heavy atom. The zero-order chi connectivity index (χ0) is 20.5. The Morgan fingerprint density at radius 2 is 1.25 bits per heavy atom. The molecule has 5 unspecified atom stereocenters. The average molecular weight is 397 g/mol. The van der Waals surface area contributed by atoms with Crippen LogP contribution in [0, 0.1) is 23.2 Å². The van der Waals surface area contributed by atoms with E-state index >= 15 is 0 Å². The lowest BCUT2D eigenvalue weighted by Crippen LogP contribution is -2.42. The first-order valence-electron chi connectivity index (χ1n) is 10.5. The maximum atomic E-state index is 2.65. The highest BCUT2D eigenvalue weighted by molar-refractivity contribution is 7.70. The number of nitrogens with zero attached hydrogens (tertiary/aromatic N) is 2. The topological polar surface area (TPSA) is 6.48 Å². The first-order valence-corrected chi connectivity index (χ1v) is 11.8. The van der Waals surface area contributed by atoms with E-state index in [9.17, 15) is 0 Å². The number of hydrogen-bond acceptors (Lipinski definition) is 2. The second-order valence-corrected chi connectivity index (χ2v) is 11.5. The molecule has 1 saturated carbocycles. The Hall–Kier alpha value is -1.21. The summed E-state index contributed by atoms with van der Waals surface area (Å²) in [5, 5.41) is 2.87. The third-order valence-electron chi connectivity index (χ3n) is 7.43. The van der Waals surface area contributed by atoms with Crippen LogP contribution in [0.2, 0.25) is 0 Å². The molecule has 5 atom stereocenters. The van der Waals surface area contributed by atoms with E-state index in [2.05, 4.69) is 119 Å². The van der Waals surface area contributed by atoms with Crippen LogP contribution in [0.5, 0.6) is 0 Å². The van der Waals surface area contributed by atoms with E-state index in [-0.39, 0.29) is 0 Å². The summed E-state index contributed by atoms with van der Waals surface area (Å²) >= 11 is 0. The van der Waals surface area contributed by atoms with E-state index in [1.165, 1.54) is 10.6 Å². The van der Waals surface area contributed by atoms with Gasteiger partial charge in [0.1, 0.15) is 0 Å². The largest absolute Gasteiger partial charge is 0.306 e. The standard InChI is InChI=1S/C25H37N2P/c1-19-20(2)25(4,21(3)24(19)26(5)6)18-27(7)28(22-14-10-8-11-15-22)23-16-12-9-13-17-23/h8-17,19-21,24H,18H2,1-7H3. The lowest BCUT2D eigenvalue weighted by atomic mass is 9.74. The van der Waals surface area contributed by atoms with E-state index in [4.69, 9.17) is 0 Å². The lowest BCUT2D eigenvalue weighted by molar-refractivity contribution is 0.124. The van der Waals surface area contributed by atoms with Crippen molar-refractivity contribution < 1.29 is 0 Å². The van der Waals surface area contributed by atoms with Gasteiger partial charge in [0.05, 0.1) is 0 Å². The minimum Gasteiger partial charge on any atom is -0.306 e. The van der Waals surface area contributed by atoms with Gasteiger partial charge in [-0.3, -0.25) is 4.67 Å². The van der Waals surface area contributed by atoms with E-state index in [0.717, 1.165) is 6.54 Å². The molecule has 0 saturated heterocycles. The molecule has 152 valence electrons. The van der Waals surface area contributed by atoms with Gasteiger partial charge in [0.25, 0.3) is 0 Å². The van der Waals surface area contributed by atoms with Crippen LogP contribution in [0.25, 0.3) is 0 Å². The molecule has 28 heavy (non-hydrogen) atoms. The second kappa shape index (κ2) is 8.66. The molecule has 3 heteroatoms. The van der Waals surface area contributed by atoms with Crippen molar-refractivity contribution in [2.75, 3.05) is 27.7 Å². The molecule has 3 rings (SSSR count). The van der Waals surface area contributed by atoms with Crippen LogP contribution < -0.4 is 10.6 Å². The van der Waals surface area contributed by atoms with Gasteiger partial charge in [0, 0.05) is 20.7 Å². The fourth-order valence-corrected chi connectivity index (χ4v) is 8.05. The number of hydrogen-bond donors (Lipinski definition) is 0. The van der Waals surface area contributed by atoms with Gasteiger partial charge in [0.2, 0.25) is 0 Å². The summed E-state index contributed by atoms with van der Waals surface area (Å²) in [6.07, 6.45) is 0. The summed E-state index contributed by atoms with van der Waals surface area (Å²) in [7, 11) is 6.32. The van der Waals surface area contributed by atoms with Crippen LogP contribution in [-0.2, 0) is 0 Å². The summed E-state index contributed by atoms with van der Waals surface area (Å²) < 4.78 is 2.65. The monoisotopic (exact) mass is 396 g/mol. The fourth-order valence-electron chi connectivity index (χ4n) is 5.61. The molecular weight excluding hydrogens is 359 g/mol. The predicted octanol–water partition coefficient (Wildman–Crippen LogP) is 4.82. The number of rotatable bonds is 6. The van der Waals surface area contributed by atoms with Gasteiger partial charge in [-0.2, -0.15) is 0 Å². The van der Waals surface area contributed by atoms with Gasteiger partial charge < -0.3 is 4.90 Å². The molecule has 0 aliphatic heterocycles. The summed E-state index contributed by atoms with van der Waals surface area (Å²) in [5.41, 5.74) is 0.299. The summed E-state index contributed by atoms with van der Waals surface area (Å²) in [5.74, 6) is 2.07. The smallest absolute Gasteiger partial charge is 0.0278 e. The van der Waals surface area contributed by atoms with E-state index in [1.807, 2.05) is 0 Å². The second-order valence-electron chi connectivity index (χ2n) is 9.20. The van der Waals surface area contributed by atoms with Crippen LogP contribution >= 0.6 is 8.07 Å². The van der Waals surface area contributed by atoms with Gasteiger partial charge in [-0.25, -0.2) is 0 Å². The molecule has 0 aromatic heterocycles. The highest BCUT2D eigenvalue weighted by Gasteiger charge is 2.53. The summed E-state index contributed by atoms with van der Waals surface area (Å²) in [6.45, 7) is 11.1. The molecule has 2 aromatic carbocycles. The van der Waals surface area contributed by atoms with Gasteiger partial charge >= 0.3 is 0 Å². The van der Waals surface area contributed by atoms with Crippen LogP contribution in [-0.4, -0.2) is 43.3 Å². The van der Waals surface area contributed by atoms with Crippen molar-refractivity contribution in [3.8, 4) is 0 Å². The zero-order valence-corrected chi connectivity index (χ0v) is 19.5. The zero-order valence-electron chi connectivity index (χ0n) is 18.6. The molecule has 2 aromatic rings. The summed E-state index contributed by atoms with van der Waals surface area (Å²) in [4.78, 5) is 2.45. The molecule has 1 aliphatic carbocycles. The normalized spacial score (nSPS) is 30.5. The van der Waals surface area contributed by atoms with Crippen LogP contribution in [0.15, 0.2) is 60.7 Å². The van der Waals surface area contributed by atoms with Crippen molar-refractivity contribution in [1.29, 1.82) is 0 Å². The number of benzene rings is 2. The first kappa shape index (κ1) is 21.5. The Labute approximate surface area is 173 Å². The van der Waals surface area contributed by atoms with E-state index in [0.29, 0.717) is 29.2 Å². The Kier molecular flexibility index (Phi) is 6.65. The third kappa shape index (κ3) is 3.92. The molecule has 0 bridgehead atoms. The van der Waals surface area contributed by atoms with Gasteiger partial charge in [0.15, 0.2) is 0 Å². The minimum absolute atomic E-state index is 0.299. The van der Waals surface area contributed by atoms with Crippen LogP contribution in [0.1, 0.15) is 27.7 Å². The molecule has 0 heterocycles. The SMILES string of the molecule is CC1C(N(C)C)C(C)C(C)(CN(C)P(c2ccccc2)c2ccccc2)C1C. The summed E-state index contributed by atoms with van der Waals surface area (Å²) in [6, 6.07) is 22.8. The molecule has 0 amide bonds. The van der Waals surface area contributed by atoms with E-state index in [1.54, 1.807) is 0 Å². The lowest BCUT2D eigenvalue weighted by Gasteiger charge is -2.41. The Balaban J connectivity index is 1.93. The predicted molar refractivity (Wildman–Crippen MR) is 125 cm³/mol. The molecular formula is C25H37N2P. The van der Waals surface area contributed by atoms with Crippen molar-refractivity contribution in [2.24, 2.45) is 23.2 Å². The van der Waals surface area contributed by atoms with Crippen LogP contribution in [0.4, 0.5) is 0 Å². The molecule has 0 spiro atoms. The maximum Gasteiger partial charge on any atom is 0.0278 e. The molecule has 1 fully saturated rings. The average Bonchev–Trinajstić information content (AvgIpc) is 2.84. The van der Waals surface area contributed by atoms with Crippen molar-refractivity contribution in [3.63, 3.8) is 0 Å². The first-order chi connectivity index (χ1) is 13.3. The Morgan fingerprint density at radius 1 is 0.786 bits per heavy atom. The van der Waals surface area contributed by atoms with Crippen molar-refractivity contribution in [2.45, 2.75) is 33.7 Å². The highest BCUT2D eigenvalue weighted by atomic mass is 31.1. The Bertz CT molecular complexity index is 708. The van der Waals surface area contributed by atoms with Gasteiger partial charge in [-0.05, 0) is 54.9 Å². The fraction of sp³-hybridized carbons (Fsp3) is 0.520. The molecule has 0 radical (unpaired) electrons. The molecule has 2 nitrogen and oxygen atoms in total.